The molecule has 3 aromatic rings. The summed E-state index contributed by atoms with van der Waals surface area (Å²) in [7, 11) is 1.20. The number of carbonyl (C=O) groups excluding carboxylic acids is 1. The summed E-state index contributed by atoms with van der Waals surface area (Å²) < 4.78 is 69.5. The van der Waals surface area contributed by atoms with E-state index in [0.29, 0.717) is 6.07 Å². The number of carbonyl (C=O) groups is 1. The Morgan fingerprint density at radius 3 is 2.62 bits per heavy atom. The Kier molecular flexibility index (Phi) is 5.31. The molecule has 0 aliphatic carbocycles. The van der Waals surface area contributed by atoms with Crippen LogP contribution < -0.4 is 5.32 Å². The molecule has 3 aromatic heterocycles. The largest absolute Gasteiger partial charge is 0.435 e. The molecule has 0 radical (unpaired) electrons. The van der Waals surface area contributed by atoms with Crippen molar-refractivity contribution in [2.75, 3.05) is 0 Å². The average molecular weight is 416 g/mol. The molecular formula is C16H13F5N6O2. The highest BCUT2D eigenvalue weighted by Crippen LogP contribution is 2.28. The quantitative estimate of drug-likeness (QED) is 0.641. The number of amides is 1. The van der Waals surface area contributed by atoms with E-state index in [1.165, 1.54) is 26.2 Å². The molecule has 0 saturated heterocycles. The zero-order chi connectivity index (χ0) is 21.3. The third-order valence-electron chi connectivity index (χ3n) is 3.83. The lowest BCUT2D eigenvalue weighted by Crippen LogP contribution is -2.28. The van der Waals surface area contributed by atoms with Crippen LogP contribution >= 0.6 is 0 Å². The molecule has 1 atom stereocenters. The first kappa shape index (κ1) is 20.4. The van der Waals surface area contributed by atoms with Crippen LogP contribution in [-0.2, 0) is 13.2 Å². The molecule has 0 bridgehead atoms. The summed E-state index contributed by atoms with van der Waals surface area (Å²) >= 11 is 0. The fraction of sp³-hybridized carbons (Fsp3) is 0.312. The van der Waals surface area contributed by atoms with Gasteiger partial charge in [-0.05, 0) is 19.1 Å². The highest BCUT2D eigenvalue weighted by Gasteiger charge is 2.35. The predicted molar refractivity (Wildman–Crippen MR) is 86.6 cm³/mol. The Labute approximate surface area is 159 Å². The Bertz CT molecular complexity index is 1030. The van der Waals surface area contributed by atoms with Crippen LogP contribution in [0.2, 0.25) is 0 Å². The predicted octanol–water partition coefficient (Wildman–Crippen LogP) is 3.31. The van der Waals surface area contributed by atoms with Gasteiger partial charge in [0.15, 0.2) is 5.69 Å². The van der Waals surface area contributed by atoms with Gasteiger partial charge in [-0.25, -0.2) is 8.78 Å². The van der Waals surface area contributed by atoms with E-state index < -0.39 is 35.9 Å². The lowest BCUT2D eigenvalue weighted by Gasteiger charge is -2.09. The van der Waals surface area contributed by atoms with Crippen LogP contribution in [0.1, 0.15) is 47.2 Å². The lowest BCUT2D eigenvalue weighted by molar-refractivity contribution is -0.141. The van der Waals surface area contributed by atoms with E-state index >= 15 is 0 Å². The Morgan fingerprint density at radius 1 is 1.28 bits per heavy atom. The van der Waals surface area contributed by atoms with Crippen molar-refractivity contribution in [3.63, 3.8) is 0 Å². The number of hydrogen-bond acceptors (Lipinski definition) is 6. The fourth-order valence-corrected chi connectivity index (χ4v) is 2.39. The molecule has 0 saturated carbocycles. The highest BCUT2D eigenvalue weighted by atomic mass is 19.4. The minimum Gasteiger partial charge on any atom is -0.339 e. The first-order valence-corrected chi connectivity index (χ1v) is 8.06. The van der Waals surface area contributed by atoms with Gasteiger partial charge in [0.1, 0.15) is 17.4 Å². The van der Waals surface area contributed by atoms with Gasteiger partial charge in [-0.15, -0.1) is 0 Å². The molecule has 8 nitrogen and oxygen atoms in total. The van der Waals surface area contributed by atoms with Gasteiger partial charge in [0.05, 0.1) is 0 Å². The second-order valence-electron chi connectivity index (χ2n) is 5.96. The fourth-order valence-electron chi connectivity index (χ4n) is 2.39. The third kappa shape index (κ3) is 4.38. The highest BCUT2D eigenvalue weighted by molar-refractivity contribution is 5.92. The molecule has 3 heterocycles. The van der Waals surface area contributed by atoms with Crippen molar-refractivity contribution in [2.24, 2.45) is 7.05 Å². The molecule has 1 amide bonds. The second-order valence-corrected chi connectivity index (χ2v) is 5.96. The van der Waals surface area contributed by atoms with Crippen LogP contribution in [0.3, 0.4) is 0 Å². The maximum Gasteiger partial charge on any atom is 0.435 e. The van der Waals surface area contributed by atoms with Gasteiger partial charge in [-0.2, -0.15) is 23.3 Å². The van der Waals surface area contributed by atoms with Crippen LogP contribution in [0.25, 0.3) is 11.4 Å². The smallest absolute Gasteiger partial charge is 0.339 e. The normalized spacial score (nSPS) is 13.0. The molecule has 13 heteroatoms. The summed E-state index contributed by atoms with van der Waals surface area (Å²) in [5, 5.41) is 9.34. The van der Waals surface area contributed by atoms with E-state index in [2.05, 4.69) is 25.5 Å². The Hall–Kier alpha value is -3.38. The van der Waals surface area contributed by atoms with E-state index in [9.17, 15) is 26.7 Å². The van der Waals surface area contributed by atoms with Crippen LogP contribution in [0, 0.1) is 0 Å². The number of aryl methyl sites for hydroxylation is 1. The van der Waals surface area contributed by atoms with E-state index in [-0.39, 0.29) is 23.0 Å². The summed E-state index contributed by atoms with van der Waals surface area (Å²) in [4.78, 5) is 19.8. The van der Waals surface area contributed by atoms with Crippen LogP contribution in [0.4, 0.5) is 22.0 Å². The van der Waals surface area contributed by atoms with Gasteiger partial charge in [0, 0.05) is 24.9 Å². The van der Waals surface area contributed by atoms with Gasteiger partial charge in [0.2, 0.25) is 11.7 Å². The van der Waals surface area contributed by atoms with Gasteiger partial charge >= 0.3 is 6.18 Å². The summed E-state index contributed by atoms with van der Waals surface area (Å²) in [6, 6.07) is 2.24. The molecule has 1 N–H and O–H groups in total. The molecule has 0 aliphatic rings. The minimum absolute atomic E-state index is 0.00899. The number of alkyl halides is 5. The van der Waals surface area contributed by atoms with Crippen molar-refractivity contribution in [3.8, 4) is 11.4 Å². The van der Waals surface area contributed by atoms with Crippen molar-refractivity contribution >= 4 is 5.91 Å². The van der Waals surface area contributed by atoms with Gasteiger partial charge in [0.25, 0.3) is 12.3 Å². The molecule has 154 valence electrons. The monoisotopic (exact) mass is 416 g/mol. The standard InChI is InChI=1S/C16H13F5N6O2/c1-7(23-14(28)10-6-11(16(19,20)21)25-27(10)2)15-24-13(26-29-15)8-3-4-22-9(5-8)12(17)18/h3-7,12H,1-2H3,(H,23,28). The lowest BCUT2D eigenvalue weighted by atomic mass is 10.2. The van der Waals surface area contributed by atoms with Crippen LogP contribution in [0.5, 0.6) is 0 Å². The molecule has 29 heavy (non-hydrogen) atoms. The van der Waals surface area contributed by atoms with Crippen molar-refractivity contribution in [3.05, 3.63) is 47.4 Å². The third-order valence-corrected chi connectivity index (χ3v) is 3.83. The van der Waals surface area contributed by atoms with E-state index in [4.69, 9.17) is 4.52 Å². The van der Waals surface area contributed by atoms with Crippen molar-refractivity contribution in [1.82, 2.24) is 30.2 Å². The number of aromatic nitrogens is 5. The number of halogens is 5. The molecule has 0 spiro atoms. The minimum atomic E-state index is -4.69. The van der Waals surface area contributed by atoms with Crippen molar-refractivity contribution < 1.29 is 31.3 Å². The SMILES string of the molecule is CC(NC(=O)c1cc(C(F)(F)F)nn1C)c1nc(-c2ccnc(C(F)F)c2)no1. The number of nitrogens with one attached hydrogen (secondary N) is 1. The van der Waals surface area contributed by atoms with Crippen molar-refractivity contribution in [2.45, 2.75) is 25.6 Å². The molecule has 0 aromatic carbocycles. The van der Waals surface area contributed by atoms with Crippen LogP contribution in [-0.4, -0.2) is 30.8 Å². The van der Waals surface area contributed by atoms with Gasteiger partial charge < -0.3 is 9.84 Å². The first-order valence-electron chi connectivity index (χ1n) is 8.06. The summed E-state index contributed by atoms with van der Waals surface area (Å²) in [6.45, 7) is 1.47. The summed E-state index contributed by atoms with van der Waals surface area (Å²) in [6.07, 6.45) is -6.30. The number of rotatable bonds is 5. The van der Waals surface area contributed by atoms with Gasteiger partial charge in [-0.1, -0.05) is 5.16 Å². The van der Waals surface area contributed by atoms with E-state index in [1.54, 1.807) is 0 Å². The zero-order valence-corrected chi connectivity index (χ0v) is 14.9. The Morgan fingerprint density at radius 2 is 2.00 bits per heavy atom. The molecule has 1 unspecified atom stereocenters. The maximum absolute atomic E-state index is 12.8. The number of pyridine rings is 1. The summed E-state index contributed by atoms with van der Waals surface area (Å²) in [5.74, 6) is -0.918. The second kappa shape index (κ2) is 7.56. The topological polar surface area (TPSA) is 98.7 Å². The average Bonchev–Trinajstić information content (AvgIpc) is 3.28. The first-order chi connectivity index (χ1) is 13.6. The molecule has 3 rings (SSSR count). The van der Waals surface area contributed by atoms with Crippen LogP contribution in [0.15, 0.2) is 28.9 Å². The van der Waals surface area contributed by atoms with E-state index in [0.717, 1.165) is 10.7 Å². The zero-order valence-electron chi connectivity index (χ0n) is 14.9. The van der Waals surface area contributed by atoms with E-state index in [1.807, 2.05) is 0 Å². The van der Waals surface area contributed by atoms with Gasteiger partial charge in [-0.3, -0.25) is 14.5 Å². The molecule has 0 fully saturated rings. The maximum atomic E-state index is 12.8. The molecule has 0 aliphatic heterocycles. The summed E-state index contributed by atoms with van der Waals surface area (Å²) in [5.41, 5.74) is -1.76. The number of nitrogens with zero attached hydrogens (tertiary/aromatic N) is 5. The number of hydrogen-bond donors (Lipinski definition) is 1. The molecular weight excluding hydrogens is 403 g/mol. The van der Waals surface area contributed by atoms with Crippen molar-refractivity contribution in [1.29, 1.82) is 0 Å². The Balaban J connectivity index is 1.75.